The van der Waals surface area contributed by atoms with Gasteiger partial charge in [-0.05, 0) is 45.0 Å². The van der Waals surface area contributed by atoms with E-state index in [0.29, 0.717) is 12.4 Å². The van der Waals surface area contributed by atoms with Gasteiger partial charge in [0.1, 0.15) is 34.5 Å². The Hall–Kier alpha value is -4.07. The van der Waals surface area contributed by atoms with Crippen LogP contribution in [0.2, 0.25) is 0 Å². The fourth-order valence-corrected chi connectivity index (χ4v) is 4.72. The SMILES string of the molecule is COc1cc2c(cc1-c1c(C)noc1C)[nH]c1nc(C)nc(Nc3cccc4c3CCO4)c12. The molecule has 0 aliphatic carbocycles. The van der Waals surface area contributed by atoms with E-state index in [2.05, 4.69) is 32.6 Å². The van der Waals surface area contributed by atoms with E-state index in [4.69, 9.17) is 19.0 Å². The number of methoxy groups -OCH3 is 1. The fourth-order valence-electron chi connectivity index (χ4n) is 4.72. The maximum Gasteiger partial charge on any atom is 0.144 e. The van der Waals surface area contributed by atoms with Crippen LogP contribution in [0.4, 0.5) is 11.5 Å². The number of aryl methyl sites for hydroxylation is 3. The molecule has 0 spiro atoms. The second kappa shape index (κ2) is 7.23. The van der Waals surface area contributed by atoms with Crippen molar-refractivity contribution in [3.63, 3.8) is 0 Å². The number of hydrogen-bond donors (Lipinski definition) is 2. The summed E-state index contributed by atoms with van der Waals surface area (Å²) in [7, 11) is 1.67. The second-order valence-corrected chi connectivity index (χ2v) is 8.27. The second-order valence-electron chi connectivity index (χ2n) is 8.27. The zero-order valence-corrected chi connectivity index (χ0v) is 18.9. The largest absolute Gasteiger partial charge is 0.496 e. The number of aromatic nitrogens is 4. The lowest BCUT2D eigenvalue weighted by Gasteiger charge is -2.12. The monoisotopic (exact) mass is 441 g/mol. The van der Waals surface area contributed by atoms with E-state index in [0.717, 1.165) is 73.9 Å². The molecule has 2 aromatic carbocycles. The van der Waals surface area contributed by atoms with Crippen LogP contribution in [0, 0.1) is 20.8 Å². The van der Waals surface area contributed by atoms with E-state index >= 15 is 0 Å². The number of anilines is 2. The minimum atomic E-state index is 0.679. The molecular formula is C25H23N5O3. The van der Waals surface area contributed by atoms with Gasteiger partial charge in [-0.15, -0.1) is 0 Å². The molecule has 3 aromatic heterocycles. The van der Waals surface area contributed by atoms with Gasteiger partial charge in [0, 0.05) is 34.1 Å². The van der Waals surface area contributed by atoms with Crippen LogP contribution >= 0.6 is 0 Å². The summed E-state index contributed by atoms with van der Waals surface area (Å²) in [5.74, 6) is 3.83. The first-order valence-electron chi connectivity index (χ1n) is 10.9. The molecule has 0 fully saturated rings. The number of aromatic amines is 1. The van der Waals surface area contributed by atoms with Crippen LogP contribution < -0.4 is 14.8 Å². The molecule has 166 valence electrons. The molecule has 6 rings (SSSR count). The summed E-state index contributed by atoms with van der Waals surface area (Å²) in [4.78, 5) is 12.9. The van der Waals surface area contributed by atoms with Crippen LogP contribution in [0.3, 0.4) is 0 Å². The Balaban J connectivity index is 1.58. The van der Waals surface area contributed by atoms with Gasteiger partial charge in [-0.25, -0.2) is 9.97 Å². The van der Waals surface area contributed by atoms with Crippen LogP contribution in [0.25, 0.3) is 33.1 Å². The van der Waals surface area contributed by atoms with Gasteiger partial charge in [0.25, 0.3) is 0 Å². The molecule has 0 radical (unpaired) electrons. The van der Waals surface area contributed by atoms with Gasteiger partial charge in [0.05, 0.1) is 30.4 Å². The topological polar surface area (TPSA) is 98.1 Å². The Bertz CT molecular complexity index is 1530. The average molecular weight is 441 g/mol. The molecule has 0 saturated carbocycles. The molecule has 4 heterocycles. The van der Waals surface area contributed by atoms with Crippen molar-refractivity contribution in [3.05, 3.63) is 53.2 Å². The lowest BCUT2D eigenvalue weighted by atomic mass is 10.0. The number of hydrogen-bond acceptors (Lipinski definition) is 7. The standard InChI is InChI=1S/C25H23N5O3/c1-12-22(13(2)33-30-12)17-10-19-16(11-21(17)31-4)23-24(26-14(3)27-25(23)29-19)28-18-6-5-7-20-15(18)8-9-32-20/h5-7,10-11H,8-9H2,1-4H3,(H2,26,27,28,29). The number of nitrogens with zero attached hydrogens (tertiary/aromatic N) is 3. The maximum atomic E-state index is 5.79. The number of rotatable bonds is 4. The third-order valence-corrected chi connectivity index (χ3v) is 6.18. The summed E-state index contributed by atoms with van der Waals surface area (Å²) in [6.07, 6.45) is 0.869. The van der Waals surface area contributed by atoms with Crippen molar-refractivity contribution in [1.82, 2.24) is 20.1 Å². The summed E-state index contributed by atoms with van der Waals surface area (Å²) in [6.45, 7) is 6.42. The normalized spacial score (nSPS) is 12.8. The van der Waals surface area contributed by atoms with Gasteiger partial charge < -0.3 is 24.3 Å². The minimum Gasteiger partial charge on any atom is -0.496 e. The molecule has 0 bridgehead atoms. The molecule has 0 atom stereocenters. The summed E-state index contributed by atoms with van der Waals surface area (Å²) in [5.41, 5.74) is 6.54. The van der Waals surface area contributed by atoms with E-state index < -0.39 is 0 Å². The van der Waals surface area contributed by atoms with Crippen molar-refractivity contribution < 1.29 is 14.0 Å². The van der Waals surface area contributed by atoms with Crippen molar-refractivity contribution in [2.75, 3.05) is 19.0 Å². The molecule has 33 heavy (non-hydrogen) atoms. The molecule has 0 unspecified atom stereocenters. The molecular weight excluding hydrogens is 418 g/mol. The van der Waals surface area contributed by atoms with Crippen LogP contribution in [0.5, 0.6) is 11.5 Å². The van der Waals surface area contributed by atoms with E-state index in [1.54, 1.807) is 7.11 Å². The van der Waals surface area contributed by atoms with E-state index in [1.165, 1.54) is 5.56 Å². The number of fused-ring (bicyclic) bond motifs is 4. The van der Waals surface area contributed by atoms with Crippen molar-refractivity contribution in [1.29, 1.82) is 0 Å². The van der Waals surface area contributed by atoms with Crippen molar-refractivity contribution in [3.8, 4) is 22.6 Å². The summed E-state index contributed by atoms with van der Waals surface area (Å²) in [6, 6.07) is 10.1. The van der Waals surface area contributed by atoms with E-state index in [-0.39, 0.29) is 0 Å². The van der Waals surface area contributed by atoms with Crippen LogP contribution in [-0.2, 0) is 6.42 Å². The third-order valence-electron chi connectivity index (χ3n) is 6.18. The highest BCUT2D eigenvalue weighted by Gasteiger charge is 2.22. The first kappa shape index (κ1) is 19.6. The van der Waals surface area contributed by atoms with Gasteiger partial charge in [-0.1, -0.05) is 11.2 Å². The quantitative estimate of drug-likeness (QED) is 0.386. The Labute approximate surface area is 189 Å². The van der Waals surface area contributed by atoms with Crippen LogP contribution in [0.1, 0.15) is 22.8 Å². The first-order valence-corrected chi connectivity index (χ1v) is 10.9. The minimum absolute atomic E-state index is 0.679. The number of H-pyrrole nitrogens is 1. The van der Waals surface area contributed by atoms with Gasteiger partial charge >= 0.3 is 0 Å². The molecule has 1 aliphatic rings. The van der Waals surface area contributed by atoms with Crippen LogP contribution in [0.15, 0.2) is 34.9 Å². The number of benzene rings is 2. The van der Waals surface area contributed by atoms with Gasteiger partial charge in [0.2, 0.25) is 0 Å². The van der Waals surface area contributed by atoms with Gasteiger partial charge in [-0.3, -0.25) is 0 Å². The lowest BCUT2D eigenvalue weighted by molar-refractivity contribution is 0.357. The predicted octanol–water partition coefficient (Wildman–Crippen LogP) is 5.38. The summed E-state index contributed by atoms with van der Waals surface area (Å²) in [5, 5.41) is 9.54. The molecule has 1 aliphatic heterocycles. The number of ether oxygens (including phenoxy) is 2. The Morgan fingerprint density at radius 2 is 2.00 bits per heavy atom. The Kier molecular flexibility index (Phi) is 4.29. The molecule has 8 heteroatoms. The molecule has 8 nitrogen and oxygen atoms in total. The smallest absolute Gasteiger partial charge is 0.144 e. The maximum absolute atomic E-state index is 5.79. The van der Waals surface area contributed by atoms with Gasteiger partial charge in [-0.2, -0.15) is 0 Å². The third kappa shape index (κ3) is 3.01. The lowest BCUT2D eigenvalue weighted by Crippen LogP contribution is -2.00. The summed E-state index contributed by atoms with van der Waals surface area (Å²) >= 11 is 0. The molecule has 2 N–H and O–H groups in total. The Morgan fingerprint density at radius 3 is 2.79 bits per heavy atom. The van der Waals surface area contributed by atoms with Crippen molar-refractivity contribution >= 4 is 33.4 Å². The first-order chi connectivity index (χ1) is 16.0. The highest BCUT2D eigenvalue weighted by Crippen LogP contribution is 2.41. The molecule has 0 saturated heterocycles. The Morgan fingerprint density at radius 1 is 1.12 bits per heavy atom. The predicted molar refractivity (Wildman–Crippen MR) is 127 cm³/mol. The molecule has 0 amide bonds. The van der Waals surface area contributed by atoms with Gasteiger partial charge in [0.15, 0.2) is 0 Å². The van der Waals surface area contributed by atoms with E-state index in [1.807, 2.05) is 39.0 Å². The average Bonchev–Trinajstić information content (AvgIpc) is 3.49. The van der Waals surface area contributed by atoms with Crippen molar-refractivity contribution in [2.24, 2.45) is 0 Å². The number of nitrogens with one attached hydrogen (secondary N) is 2. The fraction of sp³-hybridized carbons (Fsp3) is 0.240. The molecule has 5 aromatic rings. The highest BCUT2D eigenvalue weighted by atomic mass is 16.5. The van der Waals surface area contributed by atoms with E-state index in [9.17, 15) is 0 Å². The summed E-state index contributed by atoms with van der Waals surface area (Å²) < 4.78 is 16.9. The zero-order valence-electron chi connectivity index (χ0n) is 18.9. The zero-order chi connectivity index (χ0) is 22.7. The van der Waals surface area contributed by atoms with Crippen molar-refractivity contribution in [2.45, 2.75) is 27.2 Å². The van der Waals surface area contributed by atoms with Crippen LogP contribution in [-0.4, -0.2) is 33.8 Å². The highest BCUT2D eigenvalue weighted by molar-refractivity contribution is 6.13.